The maximum Gasteiger partial charge on any atom is 0.329 e. The summed E-state index contributed by atoms with van der Waals surface area (Å²) in [6, 6.07) is 13.1. The molecule has 0 fully saturated rings. The number of esters is 1. The maximum absolute atomic E-state index is 12.2. The van der Waals surface area contributed by atoms with Crippen LogP contribution in [-0.2, 0) is 14.3 Å². The number of carbonyl (C=O) groups excluding carboxylic acids is 4. The number of amides is 4. The van der Waals surface area contributed by atoms with Crippen molar-refractivity contribution >= 4 is 35.2 Å². The van der Waals surface area contributed by atoms with E-state index in [1.165, 1.54) is 38.1 Å². The summed E-state index contributed by atoms with van der Waals surface area (Å²) in [5, 5.41) is 7.58. The molecule has 9 nitrogen and oxygen atoms in total. The summed E-state index contributed by atoms with van der Waals surface area (Å²) < 4.78 is 5.09. The number of nitrogens with one attached hydrogen (secondary N) is 3. The zero-order chi connectivity index (χ0) is 21.4. The fourth-order valence-corrected chi connectivity index (χ4v) is 2.24. The van der Waals surface area contributed by atoms with Crippen molar-refractivity contribution in [2.24, 2.45) is 5.73 Å². The topological polar surface area (TPSA) is 140 Å². The van der Waals surface area contributed by atoms with E-state index in [0.29, 0.717) is 16.9 Å². The lowest BCUT2D eigenvalue weighted by molar-refractivity contribution is -0.154. The predicted molar refractivity (Wildman–Crippen MR) is 107 cm³/mol. The van der Waals surface area contributed by atoms with Gasteiger partial charge in [-0.05, 0) is 50.2 Å². The van der Waals surface area contributed by atoms with Crippen molar-refractivity contribution in [2.75, 3.05) is 10.6 Å². The first-order chi connectivity index (χ1) is 13.8. The van der Waals surface area contributed by atoms with Crippen LogP contribution in [0.5, 0.6) is 0 Å². The normalized spacial score (nSPS) is 12.2. The van der Waals surface area contributed by atoms with Crippen LogP contribution in [0.25, 0.3) is 0 Å². The molecule has 29 heavy (non-hydrogen) atoms. The Hall–Kier alpha value is -3.88. The first-order valence-electron chi connectivity index (χ1n) is 8.80. The lowest BCUT2D eigenvalue weighted by atomic mass is 10.2. The number of urea groups is 1. The van der Waals surface area contributed by atoms with Gasteiger partial charge in [0.1, 0.15) is 6.04 Å². The molecule has 2 aromatic rings. The van der Waals surface area contributed by atoms with Crippen molar-refractivity contribution in [3.8, 4) is 0 Å². The monoisotopic (exact) mass is 398 g/mol. The van der Waals surface area contributed by atoms with E-state index < -0.39 is 36.0 Å². The molecule has 5 N–H and O–H groups in total. The van der Waals surface area contributed by atoms with E-state index in [2.05, 4.69) is 16.0 Å². The number of hydrogen-bond acceptors (Lipinski definition) is 5. The molecule has 4 amide bonds. The van der Waals surface area contributed by atoms with Crippen molar-refractivity contribution < 1.29 is 23.9 Å². The molecular weight excluding hydrogens is 376 g/mol. The fraction of sp³-hybridized carbons (Fsp3) is 0.200. The molecule has 0 aliphatic heterocycles. The van der Waals surface area contributed by atoms with Crippen LogP contribution in [0.4, 0.5) is 16.2 Å². The molecule has 2 atom stereocenters. The molecule has 0 radical (unpaired) electrons. The standard InChI is InChI=1S/C20H22N4O5/c1-12(22-20(28)24-15-6-4-3-5-7-15)19(27)29-13(2)18(26)23-16-10-8-14(9-11-16)17(21)25/h3-13H,1-2H3,(H2,21,25)(H,23,26)(H2,22,24,28)/t12-,13+/m0/s1. The molecule has 0 spiro atoms. The lowest BCUT2D eigenvalue weighted by Crippen LogP contribution is -2.44. The molecule has 0 heterocycles. The van der Waals surface area contributed by atoms with Gasteiger partial charge in [-0.15, -0.1) is 0 Å². The van der Waals surface area contributed by atoms with E-state index in [1.807, 2.05) is 6.07 Å². The maximum atomic E-state index is 12.2. The van der Waals surface area contributed by atoms with Gasteiger partial charge < -0.3 is 26.4 Å². The molecule has 0 saturated carbocycles. The number of primary amides is 1. The van der Waals surface area contributed by atoms with E-state index in [4.69, 9.17) is 10.5 Å². The number of carbonyl (C=O) groups is 4. The van der Waals surface area contributed by atoms with Crippen molar-refractivity contribution in [1.82, 2.24) is 5.32 Å². The highest BCUT2D eigenvalue weighted by atomic mass is 16.5. The second kappa shape index (κ2) is 9.88. The van der Waals surface area contributed by atoms with Crippen LogP contribution in [0.2, 0.25) is 0 Å². The average molecular weight is 398 g/mol. The van der Waals surface area contributed by atoms with E-state index in [-0.39, 0.29) is 0 Å². The Morgan fingerprint density at radius 1 is 0.862 bits per heavy atom. The van der Waals surface area contributed by atoms with Crippen molar-refractivity contribution in [3.05, 3.63) is 60.2 Å². The quantitative estimate of drug-likeness (QED) is 0.527. The highest BCUT2D eigenvalue weighted by Crippen LogP contribution is 2.10. The third kappa shape index (κ3) is 6.65. The zero-order valence-corrected chi connectivity index (χ0v) is 16.0. The van der Waals surface area contributed by atoms with Gasteiger partial charge in [0.2, 0.25) is 5.91 Å². The Morgan fingerprint density at radius 2 is 1.45 bits per heavy atom. The zero-order valence-electron chi connectivity index (χ0n) is 16.0. The third-order valence-corrected chi connectivity index (χ3v) is 3.83. The molecule has 0 aromatic heterocycles. The summed E-state index contributed by atoms with van der Waals surface area (Å²) in [5.41, 5.74) is 6.44. The molecule has 152 valence electrons. The SMILES string of the molecule is C[C@H](NC(=O)Nc1ccccc1)C(=O)O[C@H](C)C(=O)Nc1ccc(C(N)=O)cc1. The van der Waals surface area contributed by atoms with E-state index in [9.17, 15) is 19.2 Å². The molecule has 0 saturated heterocycles. The summed E-state index contributed by atoms with van der Waals surface area (Å²) in [4.78, 5) is 47.3. The van der Waals surface area contributed by atoms with Crippen LogP contribution in [0.1, 0.15) is 24.2 Å². The van der Waals surface area contributed by atoms with Gasteiger partial charge in [0.05, 0.1) is 0 Å². The molecular formula is C20H22N4O5. The summed E-state index contributed by atoms with van der Waals surface area (Å²) in [6.45, 7) is 2.85. The number of anilines is 2. The average Bonchev–Trinajstić information content (AvgIpc) is 2.68. The summed E-state index contributed by atoms with van der Waals surface area (Å²) in [5.74, 6) is -1.91. The number of ether oxygens (including phenoxy) is 1. The first kappa shape index (κ1) is 21.4. The highest BCUT2D eigenvalue weighted by molar-refractivity contribution is 5.97. The van der Waals surface area contributed by atoms with Gasteiger partial charge in [-0.3, -0.25) is 9.59 Å². The van der Waals surface area contributed by atoms with Crippen LogP contribution in [-0.4, -0.2) is 36.0 Å². The molecule has 9 heteroatoms. The van der Waals surface area contributed by atoms with Crippen LogP contribution in [0.3, 0.4) is 0 Å². The van der Waals surface area contributed by atoms with Gasteiger partial charge in [-0.1, -0.05) is 18.2 Å². The number of nitrogens with two attached hydrogens (primary N) is 1. The third-order valence-electron chi connectivity index (χ3n) is 3.83. The van der Waals surface area contributed by atoms with Crippen LogP contribution < -0.4 is 21.7 Å². The summed E-state index contributed by atoms with van der Waals surface area (Å²) >= 11 is 0. The van der Waals surface area contributed by atoms with Crippen molar-refractivity contribution in [2.45, 2.75) is 26.0 Å². The van der Waals surface area contributed by atoms with E-state index in [0.717, 1.165) is 0 Å². The minimum atomic E-state index is -1.10. The van der Waals surface area contributed by atoms with E-state index in [1.54, 1.807) is 24.3 Å². The smallest absolute Gasteiger partial charge is 0.329 e. The predicted octanol–water partition coefficient (Wildman–Crippen LogP) is 1.87. The largest absolute Gasteiger partial charge is 0.451 e. The van der Waals surface area contributed by atoms with Crippen LogP contribution in [0, 0.1) is 0 Å². The van der Waals surface area contributed by atoms with Crippen molar-refractivity contribution in [1.29, 1.82) is 0 Å². The number of benzene rings is 2. The van der Waals surface area contributed by atoms with Gasteiger partial charge in [0.15, 0.2) is 6.10 Å². The van der Waals surface area contributed by atoms with Gasteiger partial charge in [-0.2, -0.15) is 0 Å². The molecule has 0 bridgehead atoms. The Bertz CT molecular complexity index is 884. The number of rotatable bonds is 7. The Balaban J connectivity index is 1.82. The lowest BCUT2D eigenvalue weighted by Gasteiger charge is -2.18. The van der Waals surface area contributed by atoms with Crippen molar-refractivity contribution in [3.63, 3.8) is 0 Å². The molecule has 0 aliphatic carbocycles. The van der Waals surface area contributed by atoms with Gasteiger partial charge in [-0.25, -0.2) is 9.59 Å². The van der Waals surface area contributed by atoms with Gasteiger partial charge >= 0.3 is 12.0 Å². The second-order valence-electron chi connectivity index (χ2n) is 6.20. The van der Waals surface area contributed by atoms with Crippen LogP contribution in [0.15, 0.2) is 54.6 Å². The van der Waals surface area contributed by atoms with Gasteiger partial charge in [0, 0.05) is 16.9 Å². The summed E-state index contributed by atoms with van der Waals surface area (Å²) in [6.07, 6.45) is -1.10. The number of para-hydroxylation sites is 1. The fourth-order valence-electron chi connectivity index (χ4n) is 2.24. The second-order valence-corrected chi connectivity index (χ2v) is 6.20. The summed E-state index contributed by atoms with van der Waals surface area (Å²) in [7, 11) is 0. The molecule has 2 aromatic carbocycles. The minimum absolute atomic E-state index is 0.302. The van der Waals surface area contributed by atoms with E-state index >= 15 is 0 Å². The number of hydrogen-bond donors (Lipinski definition) is 4. The van der Waals surface area contributed by atoms with Gasteiger partial charge in [0.25, 0.3) is 5.91 Å². The first-order valence-corrected chi connectivity index (χ1v) is 8.80. The Kier molecular flexibility index (Phi) is 7.30. The van der Waals surface area contributed by atoms with Crippen LogP contribution >= 0.6 is 0 Å². The molecule has 0 unspecified atom stereocenters. The minimum Gasteiger partial charge on any atom is -0.451 e. The molecule has 0 aliphatic rings. The highest BCUT2D eigenvalue weighted by Gasteiger charge is 2.23. The molecule has 2 rings (SSSR count). The Morgan fingerprint density at radius 3 is 2.03 bits per heavy atom. The Labute approximate surface area is 167 Å².